The average molecular weight is 358 g/mol. The molecule has 2 heterocycles. The Morgan fingerprint density at radius 2 is 1.96 bits per heavy atom. The van der Waals surface area contributed by atoms with Gasteiger partial charge in [-0.3, -0.25) is 4.79 Å². The molecule has 0 saturated carbocycles. The van der Waals surface area contributed by atoms with Gasteiger partial charge in [0.1, 0.15) is 11.5 Å². The molecule has 3 rings (SSSR count). The van der Waals surface area contributed by atoms with Gasteiger partial charge in [0.15, 0.2) is 5.79 Å². The molecule has 0 spiro atoms. The normalized spacial score (nSPS) is 16.0. The standard InChI is InChI=1S/C18H18N2O6/c1-18(24-8-9-25-18)10-16(21)20-19-11-12-6-7-15(26-12)13-4-2-3-5-14(13)17(22)23/h2-7,11H,8-10H2,1H3,(H,20,21)(H,22,23)/b19-11-. The minimum absolute atomic E-state index is 0.0275. The van der Waals surface area contributed by atoms with E-state index < -0.39 is 11.8 Å². The number of benzene rings is 1. The number of amides is 1. The lowest BCUT2D eigenvalue weighted by molar-refractivity contribution is -0.159. The number of ether oxygens (including phenoxy) is 2. The second-order valence-corrected chi connectivity index (χ2v) is 5.85. The lowest BCUT2D eigenvalue weighted by atomic mass is 10.1. The molecule has 26 heavy (non-hydrogen) atoms. The van der Waals surface area contributed by atoms with Crippen molar-refractivity contribution in [3.8, 4) is 11.3 Å². The van der Waals surface area contributed by atoms with Gasteiger partial charge in [0, 0.05) is 5.56 Å². The summed E-state index contributed by atoms with van der Waals surface area (Å²) in [6, 6.07) is 9.81. The summed E-state index contributed by atoms with van der Waals surface area (Å²) in [5.74, 6) is -1.54. The molecule has 2 N–H and O–H groups in total. The molecule has 8 nitrogen and oxygen atoms in total. The molecule has 2 aromatic rings. The summed E-state index contributed by atoms with van der Waals surface area (Å²) >= 11 is 0. The topological polar surface area (TPSA) is 110 Å². The van der Waals surface area contributed by atoms with E-state index in [-0.39, 0.29) is 17.9 Å². The van der Waals surface area contributed by atoms with Crippen molar-refractivity contribution in [2.45, 2.75) is 19.1 Å². The van der Waals surface area contributed by atoms with E-state index in [0.717, 1.165) is 0 Å². The first-order valence-corrected chi connectivity index (χ1v) is 7.99. The van der Waals surface area contributed by atoms with E-state index in [4.69, 9.17) is 13.9 Å². The number of hydrazone groups is 1. The maximum atomic E-state index is 11.9. The number of hydrogen-bond donors (Lipinski definition) is 2. The molecule has 1 aliphatic rings. The SMILES string of the molecule is CC1(CC(=O)N/N=C\c2ccc(-c3ccccc3C(=O)O)o2)OCCO1. The summed E-state index contributed by atoms with van der Waals surface area (Å²) in [4.78, 5) is 23.1. The van der Waals surface area contributed by atoms with Crippen LogP contribution in [-0.4, -0.2) is 42.2 Å². The second-order valence-electron chi connectivity index (χ2n) is 5.85. The van der Waals surface area contributed by atoms with Gasteiger partial charge in [0.2, 0.25) is 5.91 Å². The molecular weight excluding hydrogens is 340 g/mol. The molecule has 1 saturated heterocycles. The van der Waals surface area contributed by atoms with E-state index in [1.165, 1.54) is 12.3 Å². The largest absolute Gasteiger partial charge is 0.478 e. The molecule has 1 aliphatic heterocycles. The van der Waals surface area contributed by atoms with Gasteiger partial charge < -0.3 is 19.0 Å². The summed E-state index contributed by atoms with van der Waals surface area (Å²) in [7, 11) is 0. The van der Waals surface area contributed by atoms with E-state index >= 15 is 0 Å². The van der Waals surface area contributed by atoms with E-state index in [2.05, 4.69) is 10.5 Å². The maximum Gasteiger partial charge on any atom is 0.336 e. The summed E-state index contributed by atoms with van der Waals surface area (Å²) in [6.45, 7) is 2.61. The molecule has 0 radical (unpaired) electrons. The van der Waals surface area contributed by atoms with Crippen LogP contribution in [0.2, 0.25) is 0 Å². The van der Waals surface area contributed by atoms with E-state index in [0.29, 0.717) is 30.3 Å². The van der Waals surface area contributed by atoms with Gasteiger partial charge in [0.25, 0.3) is 0 Å². The van der Waals surface area contributed by atoms with Crippen molar-refractivity contribution in [2.24, 2.45) is 5.10 Å². The van der Waals surface area contributed by atoms with Crippen molar-refractivity contribution in [3.05, 3.63) is 47.7 Å². The third-order valence-electron chi connectivity index (χ3n) is 3.81. The zero-order valence-electron chi connectivity index (χ0n) is 14.1. The number of carboxylic acids is 1. The van der Waals surface area contributed by atoms with Gasteiger partial charge in [-0.25, -0.2) is 10.2 Å². The average Bonchev–Trinajstić information content (AvgIpc) is 3.24. The number of aromatic carboxylic acids is 1. The molecule has 1 aromatic heterocycles. The Balaban J connectivity index is 1.63. The molecule has 1 aromatic carbocycles. The highest BCUT2D eigenvalue weighted by atomic mass is 16.7. The number of carbonyl (C=O) groups is 2. The van der Waals surface area contributed by atoms with Gasteiger partial charge in [-0.05, 0) is 25.1 Å². The fourth-order valence-corrected chi connectivity index (χ4v) is 2.61. The summed E-state index contributed by atoms with van der Waals surface area (Å²) in [6.07, 6.45) is 1.36. The maximum absolute atomic E-state index is 11.9. The summed E-state index contributed by atoms with van der Waals surface area (Å²) in [5.41, 5.74) is 2.99. The van der Waals surface area contributed by atoms with Crippen molar-refractivity contribution in [1.29, 1.82) is 0 Å². The second kappa shape index (κ2) is 7.51. The van der Waals surface area contributed by atoms with Crippen LogP contribution in [0, 0.1) is 0 Å². The minimum Gasteiger partial charge on any atom is -0.478 e. The number of furan rings is 1. The lowest BCUT2D eigenvalue weighted by Gasteiger charge is -2.20. The molecule has 1 fully saturated rings. The van der Waals surface area contributed by atoms with E-state index in [1.807, 2.05) is 0 Å². The zero-order chi connectivity index (χ0) is 18.6. The Bertz CT molecular complexity index is 836. The first-order valence-electron chi connectivity index (χ1n) is 7.99. The lowest BCUT2D eigenvalue weighted by Crippen LogP contribution is -2.33. The molecule has 0 unspecified atom stereocenters. The van der Waals surface area contributed by atoms with Crippen LogP contribution in [0.5, 0.6) is 0 Å². The summed E-state index contributed by atoms with van der Waals surface area (Å²) < 4.78 is 16.3. The van der Waals surface area contributed by atoms with Crippen LogP contribution in [0.15, 0.2) is 45.9 Å². The monoisotopic (exact) mass is 358 g/mol. The number of carboxylic acid groups (broad SMARTS) is 1. The van der Waals surface area contributed by atoms with E-state index in [1.54, 1.807) is 37.3 Å². The van der Waals surface area contributed by atoms with Crippen molar-refractivity contribution in [2.75, 3.05) is 13.2 Å². The van der Waals surface area contributed by atoms with Crippen LogP contribution in [-0.2, 0) is 14.3 Å². The van der Waals surface area contributed by atoms with Crippen LogP contribution in [0.4, 0.5) is 0 Å². The van der Waals surface area contributed by atoms with Crippen LogP contribution >= 0.6 is 0 Å². The Hall–Kier alpha value is -2.97. The molecule has 0 aliphatic carbocycles. The van der Waals surface area contributed by atoms with Crippen LogP contribution in [0.3, 0.4) is 0 Å². The highest BCUT2D eigenvalue weighted by molar-refractivity contribution is 5.95. The van der Waals surface area contributed by atoms with Crippen LogP contribution < -0.4 is 5.43 Å². The third kappa shape index (κ3) is 4.16. The van der Waals surface area contributed by atoms with E-state index in [9.17, 15) is 14.7 Å². The minimum atomic E-state index is -1.04. The van der Waals surface area contributed by atoms with Gasteiger partial charge in [-0.15, -0.1) is 0 Å². The molecule has 136 valence electrons. The Morgan fingerprint density at radius 3 is 2.69 bits per heavy atom. The van der Waals surface area contributed by atoms with Crippen molar-refractivity contribution < 1.29 is 28.6 Å². The number of nitrogens with one attached hydrogen (secondary N) is 1. The fourth-order valence-electron chi connectivity index (χ4n) is 2.61. The first kappa shape index (κ1) is 17.8. The molecule has 0 bridgehead atoms. The number of rotatable bonds is 6. The fraction of sp³-hybridized carbons (Fsp3) is 0.278. The Labute approximate surface area is 149 Å². The first-order chi connectivity index (χ1) is 12.5. The predicted octanol–water partition coefficient (Wildman–Crippen LogP) is 2.25. The van der Waals surface area contributed by atoms with Gasteiger partial charge >= 0.3 is 5.97 Å². The highest BCUT2D eigenvalue weighted by Gasteiger charge is 2.33. The molecular formula is C18H18N2O6. The quantitative estimate of drug-likeness (QED) is 0.605. The van der Waals surface area contributed by atoms with Crippen LogP contribution in [0.25, 0.3) is 11.3 Å². The van der Waals surface area contributed by atoms with Crippen molar-refractivity contribution >= 4 is 18.1 Å². The van der Waals surface area contributed by atoms with Crippen molar-refractivity contribution in [3.63, 3.8) is 0 Å². The molecule has 0 atom stereocenters. The van der Waals surface area contributed by atoms with Gasteiger partial charge in [-0.2, -0.15) is 5.10 Å². The summed E-state index contributed by atoms with van der Waals surface area (Å²) in [5, 5.41) is 13.1. The van der Waals surface area contributed by atoms with Gasteiger partial charge in [0.05, 0.1) is 31.4 Å². The predicted molar refractivity (Wildman–Crippen MR) is 91.8 cm³/mol. The third-order valence-corrected chi connectivity index (χ3v) is 3.81. The molecule has 1 amide bonds. The highest BCUT2D eigenvalue weighted by Crippen LogP contribution is 2.25. The zero-order valence-corrected chi connectivity index (χ0v) is 14.1. The van der Waals surface area contributed by atoms with Gasteiger partial charge in [-0.1, -0.05) is 18.2 Å². The number of hydrogen-bond acceptors (Lipinski definition) is 6. The smallest absolute Gasteiger partial charge is 0.336 e. The van der Waals surface area contributed by atoms with Crippen LogP contribution in [0.1, 0.15) is 29.5 Å². The number of nitrogens with zero attached hydrogens (tertiary/aromatic N) is 1. The molecule has 8 heteroatoms. The Morgan fingerprint density at radius 1 is 1.23 bits per heavy atom. The van der Waals surface area contributed by atoms with Crippen molar-refractivity contribution in [1.82, 2.24) is 5.43 Å². The number of carbonyl (C=O) groups excluding carboxylic acids is 1. The Kier molecular flexibility index (Phi) is 5.15.